The number of para-hydroxylation sites is 1. The van der Waals surface area contributed by atoms with Gasteiger partial charge in [0.2, 0.25) is 0 Å². The minimum atomic E-state index is -1.43. The fourth-order valence-corrected chi connectivity index (χ4v) is 1.92. The van der Waals surface area contributed by atoms with E-state index in [0.29, 0.717) is 0 Å². The summed E-state index contributed by atoms with van der Waals surface area (Å²) in [7, 11) is 0. The van der Waals surface area contributed by atoms with Gasteiger partial charge in [0, 0.05) is 26.1 Å². The molecule has 1 saturated heterocycles. The van der Waals surface area contributed by atoms with Crippen LogP contribution in [0, 0.1) is 20.2 Å². The topological polar surface area (TPSA) is 151 Å². The second-order valence-corrected chi connectivity index (χ2v) is 5.07. The minimum absolute atomic E-state index is 0.271. The van der Waals surface area contributed by atoms with E-state index < -0.39 is 44.5 Å². The van der Waals surface area contributed by atoms with E-state index in [1.807, 2.05) is 0 Å². The number of hydrogen-bond acceptors (Lipinski definition) is 9. The number of carbonyl (C=O) groups is 2. The van der Waals surface area contributed by atoms with E-state index in [9.17, 15) is 29.8 Å². The quantitative estimate of drug-likeness (QED) is 0.284. The van der Waals surface area contributed by atoms with Gasteiger partial charge in [-0.25, -0.2) is 9.59 Å². The van der Waals surface area contributed by atoms with Crippen LogP contribution in [-0.4, -0.2) is 27.6 Å². The van der Waals surface area contributed by atoms with E-state index in [2.05, 4.69) is 5.32 Å². The standard InChI is InChI=1S/C13H11N3O8/c1-13(2)23-11(17)7(12(18)24-13)6-14-8-4-3-5-9(15(19)20)10(8)16(21)22/h3-6,14H,1-2H3. The van der Waals surface area contributed by atoms with Gasteiger partial charge in [0.15, 0.2) is 5.57 Å². The Bertz CT molecular complexity index is 761. The molecule has 1 aromatic carbocycles. The maximum atomic E-state index is 11.8. The van der Waals surface area contributed by atoms with Gasteiger partial charge in [-0.3, -0.25) is 20.2 Å². The Morgan fingerprint density at radius 1 is 1.08 bits per heavy atom. The molecule has 1 aromatic rings. The number of anilines is 1. The summed E-state index contributed by atoms with van der Waals surface area (Å²) in [6.45, 7) is 2.72. The SMILES string of the molecule is CC1(C)OC(=O)C(=CNc2cccc([N+](=O)[O-])c2[N+](=O)[O-])C(=O)O1. The summed E-state index contributed by atoms with van der Waals surface area (Å²) >= 11 is 0. The highest BCUT2D eigenvalue weighted by Gasteiger charge is 2.39. The lowest BCUT2D eigenvalue weighted by Gasteiger charge is -2.29. The fourth-order valence-electron chi connectivity index (χ4n) is 1.92. The lowest BCUT2D eigenvalue weighted by atomic mass is 10.2. The normalized spacial score (nSPS) is 16.0. The van der Waals surface area contributed by atoms with Gasteiger partial charge >= 0.3 is 23.3 Å². The molecular weight excluding hydrogens is 326 g/mol. The second-order valence-electron chi connectivity index (χ2n) is 5.07. The number of nitro groups is 2. The van der Waals surface area contributed by atoms with Crippen LogP contribution in [0.5, 0.6) is 0 Å². The minimum Gasteiger partial charge on any atom is -0.419 e. The molecule has 0 amide bonds. The number of rotatable bonds is 4. The molecule has 0 radical (unpaired) electrons. The number of ether oxygens (including phenoxy) is 2. The van der Waals surface area contributed by atoms with Gasteiger partial charge in [0.1, 0.15) is 5.69 Å². The summed E-state index contributed by atoms with van der Waals surface area (Å²) < 4.78 is 9.70. The highest BCUT2D eigenvalue weighted by Crippen LogP contribution is 2.34. The lowest BCUT2D eigenvalue weighted by Crippen LogP contribution is -2.42. The van der Waals surface area contributed by atoms with Crippen LogP contribution >= 0.6 is 0 Å². The number of cyclic esters (lactones) is 2. The maximum Gasteiger partial charge on any atom is 0.369 e. The summed E-state index contributed by atoms with van der Waals surface area (Å²) in [6.07, 6.45) is 0.839. The van der Waals surface area contributed by atoms with Gasteiger partial charge in [-0.05, 0) is 6.07 Å². The van der Waals surface area contributed by atoms with Crippen molar-refractivity contribution >= 4 is 29.0 Å². The van der Waals surface area contributed by atoms with Gasteiger partial charge in [-0.2, -0.15) is 0 Å². The van der Waals surface area contributed by atoms with Crippen molar-refractivity contribution in [2.45, 2.75) is 19.6 Å². The van der Waals surface area contributed by atoms with E-state index in [-0.39, 0.29) is 5.69 Å². The van der Waals surface area contributed by atoms with Crippen LogP contribution in [0.25, 0.3) is 0 Å². The molecule has 0 bridgehead atoms. The zero-order chi connectivity index (χ0) is 18.1. The van der Waals surface area contributed by atoms with E-state index >= 15 is 0 Å². The number of nitro benzene ring substituents is 2. The smallest absolute Gasteiger partial charge is 0.369 e. The zero-order valence-corrected chi connectivity index (χ0v) is 12.5. The van der Waals surface area contributed by atoms with Crippen LogP contribution < -0.4 is 5.32 Å². The Hall–Kier alpha value is -3.50. The number of benzene rings is 1. The Labute approximate surface area is 134 Å². The second kappa shape index (κ2) is 5.95. The average molecular weight is 337 g/mol. The molecule has 11 heteroatoms. The van der Waals surface area contributed by atoms with Crippen molar-refractivity contribution in [3.63, 3.8) is 0 Å². The predicted octanol–water partition coefficient (Wildman–Crippen LogP) is 1.63. The Balaban J connectivity index is 2.37. The molecular formula is C13H11N3O8. The third-order valence-electron chi connectivity index (χ3n) is 2.88. The molecule has 0 spiro atoms. The Morgan fingerprint density at radius 3 is 2.17 bits per heavy atom. The average Bonchev–Trinajstić information content (AvgIpc) is 2.44. The number of nitrogens with one attached hydrogen (secondary N) is 1. The van der Waals surface area contributed by atoms with Crippen LogP contribution in [0.3, 0.4) is 0 Å². The first kappa shape index (κ1) is 16.9. The van der Waals surface area contributed by atoms with E-state index in [1.54, 1.807) is 0 Å². The van der Waals surface area contributed by atoms with E-state index in [0.717, 1.165) is 12.3 Å². The van der Waals surface area contributed by atoms with Crippen LogP contribution in [-0.2, 0) is 19.1 Å². The summed E-state index contributed by atoms with van der Waals surface area (Å²) in [6, 6.07) is 3.36. The molecule has 1 fully saturated rings. The predicted molar refractivity (Wildman–Crippen MR) is 77.7 cm³/mol. The molecule has 0 aliphatic carbocycles. The highest BCUT2D eigenvalue weighted by atomic mass is 16.7. The Morgan fingerprint density at radius 2 is 1.67 bits per heavy atom. The van der Waals surface area contributed by atoms with Crippen molar-refractivity contribution < 1.29 is 28.9 Å². The van der Waals surface area contributed by atoms with Crippen LogP contribution in [0.15, 0.2) is 30.0 Å². The molecule has 1 heterocycles. The van der Waals surface area contributed by atoms with Crippen LogP contribution in [0.1, 0.15) is 13.8 Å². The first-order valence-electron chi connectivity index (χ1n) is 6.47. The van der Waals surface area contributed by atoms with E-state index in [4.69, 9.17) is 9.47 Å². The molecule has 0 unspecified atom stereocenters. The van der Waals surface area contributed by atoms with Crippen molar-refractivity contribution in [1.82, 2.24) is 0 Å². The van der Waals surface area contributed by atoms with Crippen LogP contribution in [0.2, 0.25) is 0 Å². The molecule has 1 N–H and O–H groups in total. The number of hydrogen-bond donors (Lipinski definition) is 1. The number of nitrogens with zero attached hydrogens (tertiary/aromatic N) is 2. The van der Waals surface area contributed by atoms with Crippen molar-refractivity contribution in [3.05, 3.63) is 50.2 Å². The zero-order valence-electron chi connectivity index (χ0n) is 12.5. The molecule has 1 aliphatic rings. The molecule has 24 heavy (non-hydrogen) atoms. The first-order valence-corrected chi connectivity index (χ1v) is 6.47. The van der Waals surface area contributed by atoms with Gasteiger partial charge in [-0.15, -0.1) is 0 Å². The molecule has 0 saturated carbocycles. The fraction of sp³-hybridized carbons (Fsp3) is 0.231. The summed E-state index contributed by atoms with van der Waals surface area (Å²) in [5, 5.41) is 24.3. The summed E-state index contributed by atoms with van der Waals surface area (Å²) in [5.41, 5.74) is -2.35. The van der Waals surface area contributed by atoms with Gasteiger partial charge in [0.05, 0.1) is 9.85 Å². The highest BCUT2D eigenvalue weighted by molar-refractivity contribution is 6.15. The van der Waals surface area contributed by atoms with Crippen molar-refractivity contribution in [1.29, 1.82) is 0 Å². The number of carbonyl (C=O) groups excluding carboxylic acids is 2. The summed E-state index contributed by atoms with van der Waals surface area (Å²) in [5.74, 6) is -3.41. The van der Waals surface area contributed by atoms with Gasteiger partial charge in [0.25, 0.3) is 5.79 Å². The Kier molecular flexibility index (Phi) is 4.18. The lowest BCUT2D eigenvalue weighted by molar-refractivity contribution is -0.421. The molecule has 0 aromatic heterocycles. The first-order chi connectivity index (χ1) is 11.1. The third kappa shape index (κ3) is 3.29. The molecule has 1 aliphatic heterocycles. The van der Waals surface area contributed by atoms with Gasteiger partial charge in [-0.1, -0.05) is 6.07 Å². The summed E-state index contributed by atoms with van der Waals surface area (Å²) in [4.78, 5) is 43.6. The van der Waals surface area contributed by atoms with Crippen molar-refractivity contribution in [2.24, 2.45) is 0 Å². The molecule has 11 nitrogen and oxygen atoms in total. The number of esters is 2. The maximum absolute atomic E-state index is 11.8. The monoisotopic (exact) mass is 337 g/mol. The molecule has 2 rings (SSSR count). The molecule has 126 valence electrons. The molecule has 0 atom stereocenters. The van der Waals surface area contributed by atoms with Crippen molar-refractivity contribution in [3.8, 4) is 0 Å². The van der Waals surface area contributed by atoms with Crippen molar-refractivity contribution in [2.75, 3.05) is 5.32 Å². The van der Waals surface area contributed by atoms with E-state index in [1.165, 1.54) is 26.0 Å². The van der Waals surface area contributed by atoms with Gasteiger partial charge < -0.3 is 14.8 Å². The van der Waals surface area contributed by atoms with Crippen LogP contribution in [0.4, 0.5) is 17.1 Å². The largest absolute Gasteiger partial charge is 0.419 e. The third-order valence-corrected chi connectivity index (χ3v) is 2.88.